The Labute approximate surface area is 103 Å². The van der Waals surface area contributed by atoms with Gasteiger partial charge in [0.2, 0.25) is 0 Å². The van der Waals surface area contributed by atoms with Crippen LogP contribution in [0.4, 0.5) is 4.79 Å². The average molecular weight is 244 g/mol. The molecule has 5 heteroatoms. The molecule has 2 N–H and O–H groups in total. The maximum Gasteiger partial charge on any atom is 0.317 e. The lowest BCUT2D eigenvalue weighted by atomic mass is 10.1. The van der Waals surface area contributed by atoms with Gasteiger partial charge in [-0.2, -0.15) is 0 Å². The molecule has 17 heavy (non-hydrogen) atoms. The summed E-state index contributed by atoms with van der Waals surface area (Å²) >= 11 is 0. The molecule has 0 aliphatic rings. The van der Waals surface area contributed by atoms with E-state index in [1.165, 1.54) is 0 Å². The van der Waals surface area contributed by atoms with Gasteiger partial charge in [-0.15, -0.1) is 0 Å². The number of hydrogen-bond donors (Lipinski definition) is 2. The number of carboxylic acid groups (broad SMARTS) is 1. The van der Waals surface area contributed by atoms with E-state index in [9.17, 15) is 9.59 Å². The molecule has 0 saturated carbocycles. The summed E-state index contributed by atoms with van der Waals surface area (Å²) < 4.78 is 0. The van der Waals surface area contributed by atoms with Crippen LogP contribution in [0.15, 0.2) is 0 Å². The minimum absolute atomic E-state index is 0.0490. The third-order valence-corrected chi connectivity index (χ3v) is 2.75. The predicted molar refractivity (Wildman–Crippen MR) is 66.9 cm³/mol. The first-order valence-corrected chi connectivity index (χ1v) is 6.17. The number of hydrogen-bond acceptors (Lipinski definition) is 2. The van der Waals surface area contributed by atoms with Crippen molar-refractivity contribution < 1.29 is 14.7 Å². The maximum absolute atomic E-state index is 11.8. The van der Waals surface area contributed by atoms with Crippen LogP contribution in [0.3, 0.4) is 0 Å². The lowest BCUT2D eigenvalue weighted by Gasteiger charge is -2.26. The summed E-state index contributed by atoms with van der Waals surface area (Å²) in [6.07, 6.45) is 0.973. The van der Waals surface area contributed by atoms with Gasteiger partial charge in [-0.3, -0.25) is 4.79 Å². The second-order valence-corrected chi connectivity index (χ2v) is 4.50. The van der Waals surface area contributed by atoms with Crippen molar-refractivity contribution in [1.82, 2.24) is 10.2 Å². The van der Waals surface area contributed by atoms with Gasteiger partial charge in [-0.05, 0) is 19.8 Å². The first-order chi connectivity index (χ1) is 7.90. The zero-order valence-electron chi connectivity index (χ0n) is 11.2. The molecule has 100 valence electrons. The third-order valence-electron chi connectivity index (χ3n) is 2.75. The number of urea groups is 1. The Balaban J connectivity index is 4.20. The minimum Gasteiger partial charge on any atom is -0.481 e. The van der Waals surface area contributed by atoms with E-state index in [0.29, 0.717) is 19.0 Å². The highest BCUT2D eigenvalue weighted by atomic mass is 16.4. The van der Waals surface area contributed by atoms with Crippen molar-refractivity contribution in [2.75, 3.05) is 13.1 Å². The number of amides is 2. The van der Waals surface area contributed by atoms with Crippen LogP contribution in [0.25, 0.3) is 0 Å². The summed E-state index contributed by atoms with van der Waals surface area (Å²) in [6.45, 7) is 9.14. The molecule has 2 amide bonds. The van der Waals surface area contributed by atoms with Crippen molar-refractivity contribution in [1.29, 1.82) is 0 Å². The molecule has 0 bridgehead atoms. The molecule has 0 aliphatic carbocycles. The molecule has 0 fully saturated rings. The number of nitrogens with zero attached hydrogens (tertiary/aromatic N) is 1. The summed E-state index contributed by atoms with van der Waals surface area (Å²) in [5.41, 5.74) is 0. The maximum atomic E-state index is 11.8. The van der Waals surface area contributed by atoms with Gasteiger partial charge in [0.25, 0.3) is 0 Å². The van der Waals surface area contributed by atoms with Crippen molar-refractivity contribution in [2.24, 2.45) is 5.92 Å². The standard InChI is InChI=1S/C12H24N2O3/c1-5-9(3)8-14(6-2)12(17)13-10(4)7-11(15)16/h9-10H,5-8H2,1-4H3,(H,13,17)(H,15,16). The largest absolute Gasteiger partial charge is 0.481 e. The molecule has 0 aromatic rings. The highest BCUT2D eigenvalue weighted by molar-refractivity contribution is 5.75. The fourth-order valence-corrected chi connectivity index (χ4v) is 1.48. The normalized spacial score (nSPS) is 13.9. The molecule has 0 rings (SSSR count). The summed E-state index contributed by atoms with van der Waals surface area (Å²) in [4.78, 5) is 24.0. The van der Waals surface area contributed by atoms with Crippen LogP contribution < -0.4 is 5.32 Å². The molecular formula is C12H24N2O3. The topological polar surface area (TPSA) is 69.6 Å². The Morgan fingerprint density at radius 2 is 1.88 bits per heavy atom. The summed E-state index contributed by atoms with van der Waals surface area (Å²) in [5, 5.41) is 11.3. The van der Waals surface area contributed by atoms with Crippen molar-refractivity contribution in [3.8, 4) is 0 Å². The van der Waals surface area contributed by atoms with Gasteiger partial charge in [0.05, 0.1) is 6.42 Å². The van der Waals surface area contributed by atoms with Crippen molar-refractivity contribution in [3.05, 3.63) is 0 Å². The van der Waals surface area contributed by atoms with E-state index in [4.69, 9.17) is 5.11 Å². The first-order valence-electron chi connectivity index (χ1n) is 6.17. The highest BCUT2D eigenvalue weighted by Gasteiger charge is 2.17. The van der Waals surface area contributed by atoms with Gasteiger partial charge < -0.3 is 15.3 Å². The lowest BCUT2D eigenvalue weighted by molar-refractivity contribution is -0.137. The summed E-state index contributed by atoms with van der Waals surface area (Å²) in [7, 11) is 0. The lowest BCUT2D eigenvalue weighted by Crippen LogP contribution is -2.45. The van der Waals surface area contributed by atoms with Crippen LogP contribution in [0, 0.1) is 5.92 Å². The van der Waals surface area contributed by atoms with Gasteiger partial charge >= 0.3 is 12.0 Å². The second kappa shape index (κ2) is 7.92. The zero-order valence-corrected chi connectivity index (χ0v) is 11.2. The Hall–Kier alpha value is -1.26. The molecule has 0 saturated heterocycles. The van der Waals surface area contributed by atoms with Crippen molar-refractivity contribution in [3.63, 3.8) is 0 Å². The molecule has 0 aromatic carbocycles. The van der Waals surface area contributed by atoms with Gasteiger partial charge in [0, 0.05) is 19.1 Å². The minimum atomic E-state index is -0.900. The van der Waals surface area contributed by atoms with E-state index in [2.05, 4.69) is 19.2 Å². The molecule has 0 spiro atoms. The molecule has 0 heterocycles. The average Bonchev–Trinajstić information content (AvgIpc) is 2.23. The SMILES string of the molecule is CCC(C)CN(CC)C(=O)NC(C)CC(=O)O. The van der Waals surface area contributed by atoms with Crippen molar-refractivity contribution >= 4 is 12.0 Å². The van der Waals surface area contributed by atoms with Crippen LogP contribution in [0.2, 0.25) is 0 Å². The number of aliphatic carboxylic acids is 1. The number of carboxylic acids is 1. The van der Waals surface area contributed by atoms with E-state index in [-0.39, 0.29) is 18.5 Å². The van der Waals surface area contributed by atoms with Crippen LogP contribution in [-0.2, 0) is 4.79 Å². The Morgan fingerprint density at radius 3 is 2.29 bits per heavy atom. The molecule has 2 atom stereocenters. The van der Waals surface area contributed by atoms with E-state index < -0.39 is 5.97 Å². The third kappa shape index (κ3) is 6.81. The number of nitrogens with one attached hydrogen (secondary N) is 1. The molecule has 5 nitrogen and oxygen atoms in total. The fourth-order valence-electron chi connectivity index (χ4n) is 1.48. The van der Waals surface area contributed by atoms with Gasteiger partial charge in [-0.25, -0.2) is 4.79 Å². The second-order valence-electron chi connectivity index (χ2n) is 4.50. The quantitative estimate of drug-likeness (QED) is 0.719. The summed E-state index contributed by atoms with van der Waals surface area (Å²) in [6, 6.07) is -0.521. The van der Waals surface area contributed by atoms with Crippen LogP contribution in [-0.4, -0.2) is 41.1 Å². The van der Waals surface area contributed by atoms with Gasteiger partial charge in [0.15, 0.2) is 0 Å². The van der Waals surface area contributed by atoms with E-state index in [1.807, 2.05) is 6.92 Å². The Bertz CT molecular complexity index is 256. The van der Waals surface area contributed by atoms with Crippen molar-refractivity contribution in [2.45, 2.75) is 46.6 Å². The first kappa shape index (κ1) is 15.7. The van der Waals surface area contributed by atoms with E-state index in [0.717, 1.165) is 6.42 Å². The fraction of sp³-hybridized carbons (Fsp3) is 0.833. The zero-order chi connectivity index (χ0) is 13.4. The summed E-state index contributed by atoms with van der Waals surface area (Å²) in [5.74, 6) is -0.446. The van der Waals surface area contributed by atoms with Gasteiger partial charge in [0.1, 0.15) is 0 Å². The number of rotatable bonds is 7. The molecule has 0 aliphatic heterocycles. The van der Waals surface area contributed by atoms with Crippen LogP contribution in [0.5, 0.6) is 0 Å². The molecular weight excluding hydrogens is 220 g/mol. The van der Waals surface area contributed by atoms with Crippen LogP contribution in [0.1, 0.15) is 40.5 Å². The Kier molecular flexibility index (Phi) is 7.34. The molecule has 0 radical (unpaired) electrons. The molecule has 0 aromatic heterocycles. The smallest absolute Gasteiger partial charge is 0.317 e. The van der Waals surface area contributed by atoms with E-state index >= 15 is 0 Å². The highest BCUT2D eigenvalue weighted by Crippen LogP contribution is 2.05. The number of carbonyl (C=O) groups is 2. The Morgan fingerprint density at radius 1 is 1.29 bits per heavy atom. The number of carbonyl (C=O) groups excluding carboxylic acids is 1. The predicted octanol–water partition coefficient (Wildman–Crippen LogP) is 1.93. The molecule has 2 unspecified atom stereocenters. The van der Waals surface area contributed by atoms with Crippen LogP contribution >= 0.6 is 0 Å². The van der Waals surface area contributed by atoms with E-state index in [1.54, 1.807) is 11.8 Å². The van der Waals surface area contributed by atoms with Gasteiger partial charge in [-0.1, -0.05) is 20.3 Å². The monoisotopic (exact) mass is 244 g/mol.